The first-order valence-electron chi connectivity index (χ1n) is 9.09. The molecule has 2 rings (SSSR count). The Balaban J connectivity index is 0.00000392. The van der Waals surface area contributed by atoms with Gasteiger partial charge in [-0.2, -0.15) is 5.10 Å². The van der Waals surface area contributed by atoms with E-state index in [0.29, 0.717) is 19.0 Å². The number of carbonyl (C=O) groups is 1. The summed E-state index contributed by atoms with van der Waals surface area (Å²) in [5.41, 5.74) is 1.55. The summed E-state index contributed by atoms with van der Waals surface area (Å²) in [4.78, 5) is 18.3. The van der Waals surface area contributed by atoms with Gasteiger partial charge in [-0.3, -0.25) is 4.79 Å². The number of hydrogen-bond donors (Lipinski definition) is 1. The number of esters is 1. The van der Waals surface area contributed by atoms with Crippen LogP contribution in [0.15, 0.2) is 47.7 Å². The molecular weight excluding hydrogens is 469 g/mol. The number of nitrogens with zero attached hydrogens (tertiary/aromatic N) is 4. The standard InChI is InChI=1S/C20H29N5O2.HI/c1-6-21-19(22-13-18(26)27-20(2,3)4)24(5)14-16-12-23-25(15-16)17-10-8-7-9-11-17;/h7-12,15H,6,13-14H2,1-5H3,(H,21,22);1H. The van der Waals surface area contributed by atoms with Crippen LogP contribution >= 0.6 is 24.0 Å². The molecule has 0 aliphatic rings. The zero-order chi connectivity index (χ0) is 19.9. The van der Waals surface area contributed by atoms with Gasteiger partial charge in [0.1, 0.15) is 12.1 Å². The fourth-order valence-corrected chi connectivity index (χ4v) is 2.50. The van der Waals surface area contributed by atoms with Gasteiger partial charge in [-0.15, -0.1) is 24.0 Å². The molecule has 1 heterocycles. The Kier molecular flexibility index (Phi) is 9.44. The van der Waals surface area contributed by atoms with Gasteiger partial charge >= 0.3 is 5.97 Å². The van der Waals surface area contributed by atoms with Crippen LogP contribution in [0.4, 0.5) is 0 Å². The van der Waals surface area contributed by atoms with Crippen LogP contribution in [0.2, 0.25) is 0 Å². The molecule has 0 saturated carbocycles. The number of carbonyl (C=O) groups excluding carboxylic acids is 1. The first kappa shape index (κ1) is 23.9. The van der Waals surface area contributed by atoms with E-state index < -0.39 is 5.60 Å². The van der Waals surface area contributed by atoms with E-state index in [9.17, 15) is 4.79 Å². The SMILES string of the molecule is CCNC(=NCC(=O)OC(C)(C)C)N(C)Cc1cnn(-c2ccccc2)c1.I. The molecule has 0 bridgehead atoms. The molecule has 28 heavy (non-hydrogen) atoms. The van der Waals surface area contributed by atoms with Crippen LogP contribution in [0.25, 0.3) is 5.69 Å². The summed E-state index contributed by atoms with van der Waals surface area (Å²) in [5, 5.41) is 7.62. The van der Waals surface area contributed by atoms with Crippen molar-refractivity contribution < 1.29 is 9.53 Å². The van der Waals surface area contributed by atoms with Crippen molar-refractivity contribution in [1.82, 2.24) is 20.0 Å². The van der Waals surface area contributed by atoms with E-state index >= 15 is 0 Å². The van der Waals surface area contributed by atoms with Crippen molar-refractivity contribution in [1.29, 1.82) is 0 Å². The van der Waals surface area contributed by atoms with E-state index in [1.54, 1.807) is 0 Å². The minimum atomic E-state index is -0.511. The van der Waals surface area contributed by atoms with Crippen molar-refractivity contribution in [3.8, 4) is 5.69 Å². The molecule has 0 saturated heterocycles. The molecule has 1 N–H and O–H groups in total. The first-order chi connectivity index (χ1) is 12.8. The van der Waals surface area contributed by atoms with Gasteiger partial charge in [-0.1, -0.05) is 18.2 Å². The van der Waals surface area contributed by atoms with Crippen molar-refractivity contribution in [2.24, 2.45) is 4.99 Å². The quantitative estimate of drug-likeness (QED) is 0.286. The van der Waals surface area contributed by atoms with Crippen molar-refractivity contribution >= 4 is 35.9 Å². The molecule has 0 radical (unpaired) electrons. The third-order valence-electron chi connectivity index (χ3n) is 3.55. The van der Waals surface area contributed by atoms with Crippen molar-refractivity contribution in [3.05, 3.63) is 48.3 Å². The second-order valence-corrected chi connectivity index (χ2v) is 7.24. The molecule has 1 aromatic heterocycles. The maximum absolute atomic E-state index is 11.9. The highest BCUT2D eigenvalue weighted by atomic mass is 127. The van der Waals surface area contributed by atoms with E-state index in [-0.39, 0.29) is 36.5 Å². The van der Waals surface area contributed by atoms with E-state index in [2.05, 4.69) is 15.4 Å². The lowest BCUT2D eigenvalue weighted by Gasteiger charge is -2.22. The van der Waals surface area contributed by atoms with Crippen molar-refractivity contribution in [2.45, 2.75) is 39.8 Å². The van der Waals surface area contributed by atoms with E-state index in [1.807, 2.05) is 87.0 Å². The lowest BCUT2D eigenvalue weighted by molar-refractivity contribution is -0.152. The molecule has 1 aromatic carbocycles. The number of hydrogen-bond acceptors (Lipinski definition) is 4. The summed E-state index contributed by atoms with van der Waals surface area (Å²) >= 11 is 0. The van der Waals surface area contributed by atoms with Gasteiger partial charge in [0.25, 0.3) is 0 Å². The third kappa shape index (κ3) is 7.87. The minimum Gasteiger partial charge on any atom is -0.459 e. The summed E-state index contributed by atoms with van der Waals surface area (Å²) in [6.07, 6.45) is 3.82. The number of para-hydroxylation sites is 1. The molecule has 0 aliphatic heterocycles. The normalized spacial score (nSPS) is 11.5. The second-order valence-electron chi connectivity index (χ2n) is 7.24. The Bertz CT molecular complexity index is 768. The Labute approximate surface area is 184 Å². The number of halogens is 1. The molecule has 154 valence electrons. The van der Waals surface area contributed by atoms with Gasteiger partial charge in [0.15, 0.2) is 5.96 Å². The van der Waals surface area contributed by atoms with Gasteiger partial charge < -0.3 is 15.0 Å². The fraction of sp³-hybridized carbons (Fsp3) is 0.450. The highest BCUT2D eigenvalue weighted by Crippen LogP contribution is 2.10. The smallest absolute Gasteiger partial charge is 0.328 e. The number of benzene rings is 1. The number of aromatic nitrogens is 2. The molecule has 0 atom stereocenters. The average Bonchev–Trinajstić information content (AvgIpc) is 3.06. The molecule has 8 heteroatoms. The molecule has 7 nitrogen and oxygen atoms in total. The summed E-state index contributed by atoms with van der Waals surface area (Å²) in [6, 6.07) is 9.95. The van der Waals surface area contributed by atoms with Gasteiger partial charge in [0.05, 0.1) is 11.9 Å². The Morgan fingerprint density at radius 3 is 2.57 bits per heavy atom. The Hall–Kier alpha value is -2.10. The number of nitrogens with one attached hydrogen (secondary N) is 1. The maximum atomic E-state index is 11.9. The van der Waals surface area contributed by atoms with Crippen LogP contribution in [-0.4, -0.2) is 52.3 Å². The van der Waals surface area contributed by atoms with Gasteiger partial charge in [-0.25, -0.2) is 9.67 Å². The molecular formula is C20H30IN5O2. The van der Waals surface area contributed by atoms with Crippen LogP contribution in [0.1, 0.15) is 33.3 Å². The van der Waals surface area contributed by atoms with E-state index in [1.165, 1.54) is 0 Å². The van der Waals surface area contributed by atoms with Gasteiger partial charge in [-0.05, 0) is 39.8 Å². The lowest BCUT2D eigenvalue weighted by Crippen LogP contribution is -2.39. The second kappa shape index (κ2) is 11.0. The number of aliphatic imine (C=N–C) groups is 1. The van der Waals surface area contributed by atoms with Crippen LogP contribution < -0.4 is 5.32 Å². The van der Waals surface area contributed by atoms with Crippen LogP contribution in [0.3, 0.4) is 0 Å². The summed E-state index contributed by atoms with van der Waals surface area (Å²) in [5.74, 6) is 0.305. The minimum absolute atomic E-state index is 0. The predicted octanol–water partition coefficient (Wildman–Crippen LogP) is 3.23. The lowest BCUT2D eigenvalue weighted by atomic mass is 10.2. The summed E-state index contributed by atoms with van der Waals surface area (Å²) in [7, 11) is 1.93. The molecule has 2 aromatic rings. The highest BCUT2D eigenvalue weighted by molar-refractivity contribution is 14.0. The molecule has 0 unspecified atom stereocenters. The van der Waals surface area contributed by atoms with E-state index in [0.717, 1.165) is 11.3 Å². The number of ether oxygens (including phenoxy) is 1. The Morgan fingerprint density at radius 1 is 1.29 bits per heavy atom. The maximum Gasteiger partial charge on any atom is 0.328 e. The highest BCUT2D eigenvalue weighted by Gasteiger charge is 2.16. The van der Waals surface area contributed by atoms with E-state index in [4.69, 9.17) is 4.74 Å². The summed E-state index contributed by atoms with van der Waals surface area (Å²) in [6.45, 7) is 8.83. The van der Waals surface area contributed by atoms with Crippen LogP contribution in [0.5, 0.6) is 0 Å². The number of rotatable bonds is 6. The largest absolute Gasteiger partial charge is 0.459 e. The van der Waals surface area contributed by atoms with Gasteiger partial charge in [0, 0.05) is 31.9 Å². The molecule has 0 fully saturated rings. The third-order valence-corrected chi connectivity index (χ3v) is 3.55. The van der Waals surface area contributed by atoms with Gasteiger partial charge in [0.2, 0.25) is 0 Å². The number of guanidine groups is 1. The van der Waals surface area contributed by atoms with Crippen LogP contribution in [0, 0.1) is 0 Å². The zero-order valence-electron chi connectivity index (χ0n) is 17.2. The average molecular weight is 499 g/mol. The zero-order valence-corrected chi connectivity index (χ0v) is 19.5. The first-order valence-corrected chi connectivity index (χ1v) is 9.09. The fourth-order valence-electron chi connectivity index (χ4n) is 2.50. The van der Waals surface area contributed by atoms with Crippen LogP contribution in [-0.2, 0) is 16.1 Å². The topological polar surface area (TPSA) is 71.8 Å². The molecule has 0 aliphatic carbocycles. The molecule has 0 spiro atoms. The molecule has 0 amide bonds. The van der Waals surface area contributed by atoms with Crippen molar-refractivity contribution in [3.63, 3.8) is 0 Å². The van der Waals surface area contributed by atoms with Crippen molar-refractivity contribution in [2.75, 3.05) is 20.1 Å². The monoisotopic (exact) mass is 499 g/mol. The Morgan fingerprint density at radius 2 is 1.96 bits per heavy atom. The predicted molar refractivity (Wildman–Crippen MR) is 122 cm³/mol. The summed E-state index contributed by atoms with van der Waals surface area (Å²) < 4.78 is 7.15.